The summed E-state index contributed by atoms with van der Waals surface area (Å²) in [4.78, 5) is 67.0. The van der Waals surface area contributed by atoms with Gasteiger partial charge >= 0.3 is 0 Å². The summed E-state index contributed by atoms with van der Waals surface area (Å²) in [5.41, 5.74) is 0.803. The molecule has 2 aliphatic rings. The second kappa shape index (κ2) is 7.79. The average molecular weight is 471 g/mol. The van der Waals surface area contributed by atoms with E-state index < -0.39 is 29.7 Å². The molecule has 5 amide bonds. The van der Waals surface area contributed by atoms with Crippen LogP contribution < -0.4 is 10.6 Å². The van der Waals surface area contributed by atoms with Gasteiger partial charge in [-0.3, -0.25) is 34.6 Å². The Hall–Kier alpha value is -3.40. The number of benzene rings is 1. The molecule has 2 aromatic rings. The minimum absolute atomic E-state index is 0.0376. The van der Waals surface area contributed by atoms with Crippen molar-refractivity contribution < 1.29 is 24.0 Å². The van der Waals surface area contributed by atoms with E-state index in [1.54, 1.807) is 24.3 Å². The molecule has 2 aliphatic heterocycles. The van der Waals surface area contributed by atoms with Crippen molar-refractivity contribution in [2.45, 2.75) is 25.4 Å². The smallest absolute Gasteiger partial charge is 0.276 e. The second-order valence-electron chi connectivity index (χ2n) is 6.87. The molecule has 1 fully saturated rings. The van der Waals surface area contributed by atoms with Crippen LogP contribution in [0.3, 0.4) is 0 Å². The topological polar surface area (TPSA) is 126 Å². The van der Waals surface area contributed by atoms with Crippen molar-refractivity contribution in [3.63, 3.8) is 0 Å². The Bertz CT molecular complexity index is 1120. The highest BCUT2D eigenvalue weighted by Crippen LogP contribution is 2.29. The third kappa shape index (κ3) is 3.61. The van der Waals surface area contributed by atoms with Gasteiger partial charge in [-0.2, -0.15) is 0 Å². The van der Waals surface area contributed by atoms with Crippen LogP contribution in [0.5, 0.6) is 0 Å². The Morgan fingerprint density at radius 1 is 1.10 bits per heavy atom. The summed E-state index contributed by atoms with van der Waals surface area (Å²) in [6.45, 7) is 0.142. The molecule has 1 aromatic heterocycles. The number of halogens is 1. The van der Waals surface area contributed by atoms with Gasteiger partial charge in [-0.05, 0) is 46.1 Å². The number of pyridine rings is 1. The first-order valence-corrected chi connectivity index (χ1v) is 9.89. The zero-order valence-electron chi connectivity index (χ0n) is 15.5. The highest BCUT2D eigenvalue weighted by Gasteiger charge is 2.40. The number of hydrogen-bond acceptors (Lipinski definition) is 6. The van der Waals surface area contributed by atoms with Crippen LogP contribution in [-0.4, -0.2) is 45.5 Å². The largest absolute Gasteiger partial charge is 0.322 e. The molecule has 2 N–H and O–H groups in total. The number of amides is 5. The molecular formula is C20H15BrN4O5. The maximum atomic E-state index is 13.0. The number of nitrogens with zero attached hydrogens (tertiary/aromatic N) is 2. The Balaban J connectivity index is 1.57. The Morgan fingerprint density at radius 3 is 2.60 bits per heavy atom. The van der Waals surface area contributed by atoms with Gasteiger partial charge in [0.1, 0.15) is 16.3 Å². The summed E-state index contributed by atoms with van der Waals surface area (Å²) in [6.07, 6.45) is 0.358. The SMILES string of the molecule is O=C1CCC(N2Cc3cccc(C(=O)NC(=O)c4cccc(Br)n4)c3C2=O)C(=O)N1. The van der Waals surface area contributed by atoms with E-state index >= 15 is 0 Å². The zero-order chi connectivity index (χ0) is 21.4. The fraction of sp³-hybridized carbons (Fsp3) is 0.200. The van der Waals surface area contributed by atoms with Crippen LogP contribution >= 0.6 is 15.9 Å². The predicted octanol–water partition coefficient (Wildman–Crippen LogP) is 1.18. The summed E-state index contributed by atoms with van der Waals surface area (Å²) in [5, 5.41) is 4.48. The van der Waals surface area contributed by atoms with E-state index in [1.807, 2.05) is 0 Å². The van der Waals surface area contributed by atoms with Crippen molar-refractivity contribution in [1.82, 2.24) is 20.5 Å². The van der Waals surface area contributed by atoms with Gasteiger partial charge in [-0.1, -0.05) is 18.2 Å². The van der Waals surface area contributed by atoms with Crippen molar-refractivity contribution >= 4 is 45.5 Å². The fourth-order valence-electron chi connectivity index (χ4n) is 3.57. The van der Waals surface area contributed by atoms with Crippen LogP contribution in [-0.2, 0) is 16.1 Å². The van der Waals surface area contributed by atoms with E-state index in [2.05, 4.69) is 31.5 Å². The highest BCUT2D eigenvalue weighted by atomic mass is 79.9. The molecule has 0 radical (unpaired) electrons. The molecule has 152 valence electrons. The first-order valence-electron chi connectivity index (χ1n) is 9.10. The van der Waals surface area contributed by atoms with E-state index in [0.29, 0.717) is 10.2 Å². The van der Waals surface area contributed by atoms with Crippen molar-refractivity contribution in [2.24, 2.45) is 0 Å². The molecule has 10 heteroatoms. The number of imide groups is 2. The number of carbonyl (C=O) groups is 5. The summed E-state index contributed by atoms with van der Waals surface area (Å²) in [5.74, 6) is -2.84. The van der Waals surface area contributed by atoms with Gasteiger partial charge < -0.3 is 4.90 Å². The molecule has 1 unspecified atom stereocenters. The van der Waals surface area contributed by atoms with Crippen LogP contribution in [0.2, 0.25) is 0 Å². The minimum Gasteiger partial charge on any atom is -0.322 e. The van der Waals surface area contributed by atoms with Crippen LogP contribution in [0, 0.1) is 0 Å². The average Bonchev–Trinajstić information content (AvgIpc) is 3.04. The minimum atomic E-state index is -0.786. The zero-order valence-corrected chi connectivity index (χ0v) is 17.1. The Kier molecular flexibility index (Phi) is 5.17. The van der Waals surface area contributed by atoms with E-state index in [4.69, 9.17) is 0 Å². The van der Waals surface area contributed by atoms with Crippen molar-refractivity contribution in [2.75, 3.05) is 0 Å². The maximum Gasteiger partial charge on any atom is 0.276 e. The van der Waals surface area contributed by atoms with Crippen molar-refractivity contribution in [3.05, 3.63) is 63.4 Å². The number of piperidine rings is 1. The summed E-state index contributed by atoms with van der Waals surface area (Å²) in [6, 6.07) is 8.67. The normalized spacial score (nSPS) is 18.1. The van der Waals surface area contributed by atoms with Gasteiger partial charge in [0.2, 0.25) is 11.8 Å². The Morgan fingerprint density at radius 2 is 1.87 bits per heavy atom. The molecule has 1 atom stereocenters. The molecular weight excluding hydrogens is 456 g/mol. The van der Waals surface area contributed by atoms with Crippen molar-refractivity contribution in [3.8, 4) is 0 Å². The van der Waals surface area contributed by atoms with Crippen LogP contribution in [0.1, 0.15) is 49.6 Å². The number of nitrogens with one attached hydrogen (secondary N) is 2. The second-order valence-corrected chi connectivity index (χ2v) is 7.68. The molecule has 9 nitrogen and oxygen atoms in total. The summed E-state index contributed by atoms with van der Waals surface area (Å²) < 4.78 is 0.443. The molecule has 1 aromatic carbocycles. The number of carbonyl (C=O) groups excluding carboxylic acids is 5. The third-order valence-corrected chi connectivity index (χ3v) is 5.41. The monoisotopic (exact) mass is 470 g/mol. The molecule has 30 heavy (non-hydrogen) atoms. The lowest BCUT2D eigenvalue weighted by molar-refractivity contribution is -0.136. The molecule has 0 aliphatic carbocycles. The van der Waals surface area contributed by atoms with E-state index in [9.17, 15) is 24.0 Å². The molecule has 0 saturated carbocycles. The molecule has 0 spiro atoms. The van der Waals surface area contributed by atoms with E-state index in [1.165, 1.54) is 17.0 Å². The summed E-state index contributed by atoms with van der Waals surface area (Å²) in [7, 11) is 0. The van der Waals surface area contributed by atoms with Crippen LogP contribution in [0.25, 0.3) is 0 Å². The molecule has 1 saturated heterocycles. The van der Waals surface area contributed by atoms with E-state index in [0.717, 1.165) is 0 Å². The summed E-state index contributed by atoms with van der Waals surface area (Å²) >= 11 is 3.16. The van der Waals surface area contributed by atoms with Crippen LogP contribution in [0.4, 0.5) is 0 Å². The van der Waals surface area contributed by atoms with Gasteiger partial charge in [-0.15, -0.1) is 0 Å². The lowest BCUT2D eigenvalue weighted by Crippen LogP contribution is -2.52. The maximum absolute atomic E-state index is 13.0. The first-order chi connectivity index (χ1) is 14.3. The third-order valence-electron chi connectivity index (χ3n) is 4.97. The fourth-order valence-corrected chi connectivity index (χ4v) is 3.92. The molecule has 3 heterocycles. The van der Waals surface area contributed by atoms with Gasteiger partial charge in [0.25, 0.3) is 17.7 Å². The van der Waals surface area contributed by atoms with Gasteiger partial charge in [0.05, 0.1) is 11.1 Å². The van der Waals surface area contributed by atoms with E-state index in [-0.39, 0.29) is 42.1 Å². The van der Waals surface area contributed by atoms with Gasteiger partial charge in [0.15, 0.2) is 0 Å². The standard InChI is InChI=1S/C20H15BrN4O5/c21-14-6-2-5-12(22-14)18(28)24-17(27)11-4-1-3-10-9-25(20(30)16(10)11)13-7-8-15(26)23-19(13)29/h1-6,13H,7-9H2,(H,23,26,29)(H,24,27,28). The highest BCUT2D eigenvalue weighted by molar-refractivity contribution is 9.10. The number of fused-ring (bicyclic) bond motifs is 1. The van der Waals surface area contributed by atoms with Crippen molar-refractivity contribution in [1.29, 1.82) is 0 Å². The number of hydrogen-bond donors (Lipinski definition) is 2. The number of rotatable bonds is 3. The number of aromatic nitrogens is 1. The lowest BCUT2D eigenvalue weighted by Gasteiger charge is -2.29. The first kappa shape index (κ1) is 19.9. The predicted molar refractivity (Wildman–Crippen MR) is 106 cm³/mol. The van der Waals surface area contributed by atoms with Gasteiger partial charge in [-0.25, -0.2) is 4.98 Å². The van der Waals surface area contributed by atoms with Crippen LogP contribution in [0.15, 0.2) is 41.0 Å². The molecule has 0 bridgehead atoms. The quantitative estimate of drug-likeness (QED) is 0.512. The van der Waals surface area contributed by atoms with Gasteiger partial charge in [0, 0.05) is 13.0 Å². The lowest BCUT2D eigenvalue weighted by atomic mass is 10.0. The molecule has 4 rings (SSSR count). The Labute approximate surface area is 179 Å².